The van der Waals surface area contributed by atoms with Gasteiger partial charge in [-0.25, -0.2) is 12.8 Å². The van der Waals surface area contributed by atoms with Crippen LogP contribution in [0.5, 0.6) is 0 Å². The Labute approximate surface area is 136 Å². The van der Waals surface area contributed by atoms with E-state index in [4.69, 9.17) is 11.6 Å². The molecule has 0 aliphatic rings. The van der Waals surface area contributed by atoms with Crippen LogP contribution < -0.4 is 4.31 Å². The van der Waals surface area contributed by atoms with E-state index in [1.165, 1.54) is 18.2 Å². The Morgan fingerprint density at radius 2 is 1.90 bits per heavy atom. The van der Waals surface area contributed by atoms with Crippen LogP contribution in [0.15, 0.2) is 46.9 Å². The van der Waals surface area contributed by atoms with Crippen LogP contribution in [0.2, 0.25) is 5.02 Å². The molecule has 0 N–H and O–H groups in total. The Morgan fingerprint density at radius 1 is 1.24 bits per heavy atom. The van der Waals surface area contributed by atoms with Crippen molar-refractivity contribution in [3.05, 3.63) is 63.3 Å². The summed E-state index contributed by atoms with van der Waals surface area (Å²) in [5, 5.41) is 0.193. The molecule has 0 radical (unpaired) electrons. The van der Waals surface area contributed by atoms with Crippen molar-refractivity contribution in [3.63, 3.8) is 0 Å². The average molecular weight is 393 g/mol. The molecule has 112 valence electrons. The van der Waals surface area contributed by atoms with E-state index in [2.05, 4.69) is 15.9 Å². The molecule has 2 aromatic rings. The van der Waals surface area contributed by atoms with Gasteiger partial charge in [0, 0.05) is 15.1 Å². The fourth-order valence-corrected chi connectivity index (χ4v) is 3.33. The predicted octanol–water partition coefficient (Wildman–Crippen LogP) is 4.21. The van der Waals surface area contributed by atoms with Gasteiger partial charge in [-0.2, -0.15) is 0 Å². The Balaban J connectivity index is 2.49. The Morgan fingerprint density at radius 3 is 2.48 bits per heavy atom. The Kier molecular flexibility index (Phi) is 4.91. The van der Waals surface area contributed by atoms with Crippen molar-refractivity contribution in [1.29, 1.82) is 0 Å². The monoisotopic (exact) mass is 391 g/mol. The summed E-state index contributed by atoms with van der Waals surface area (Å²) in [6.45, 7) is -0.166. The van der Waals surface area contributed by atoms with E-state index in [1.54, 1.807) is 24.3 Å². The summed E-state index contributed by atoms with van der Waals surface area (Å²) in [5.74, 6) is -0.536. The molecule has 0 aliphatic heterocycles. The molecule has 3 nitrogen and oxygen atoms in total. The molecule has 2 aromatic carbocycles. The van der Waals surface area contributed by atoms with E-state index in [0.29, 0.717) is 5.69 Å². The molecule has 0 bridgehead atoms. The van der Waals surface area contributed by atoms with E-state index in [-0.39, 0.29) is 17.1 Å². The van der Waals surface area contributed by atoms with Crippen molar-refractivity contribution in [1.82, 2.24) is 0 Å². The zero-order valence-corrected chi connectivity index (χ0v) is 14.2. The normalized spacial score (nSPS) is 11.4. The van der Waals surface area contributed by atoms with Gasteiger partial charge >= 0.3 is 0 Å². The zero-order valence-electron chi connectivity index (χ0n) is 11.1. The molecule has 0 heterocycles. The summed E-state index contributed by atoms with van der Waals surface area (Å²) in [5.41, 5.74) is 0.579. The molecule has 7 heteroatoms. The standard InChI is InChI=1S/C14H12BrClFNO2S/c1-21(19,20)18(11-5-2-4-10(15)8-11)9-12-13(16)6-3-7-14(12)17/h2-8H,9H2,1H3. The number of hydrogen-bond donors (Lipinski definition) is 0. The summed E-state index contributed by atoms with van der Waals surface area (Å²) in [4.78, 5) is 0. The van der Waals surface area contributed by atoms with Crippen molar-refractivity contribution in [2.45, 2.75) is 6.54 Å². The van der Waals surface area contributed by atoms with Gasteiger partial charge < -0.3 is 0 Å². The fourth-order valence-electron chi connectivity index (χ4n) is 1.86. The van der Waals surface area contributed by atoms with Crippen LogP contribution in [0, 0.1) is 5.82 Å². The molecule has 0 unspecified atom stereocenters. The van der Waals surface area contributed by atoms with Gasteiger partial charge in [0.1, 0.15) is 5.82 Å². The van der Waals surface area contributed by atoms with Gasteiger partial charge in [0.2, 0.25) is 10.0 Å². The van der Waals surface area contributed by atoms with Crippen LogP contribution >= 0.6 is 27.5 Å². The number of sulfonamides is 1. The van der Waals surface area contributed by atoms with Crippen molar-refractivity contribution in [3.8, 4) is 0 Å². The summed E-state index contributed by atoms with van der Waals surface area (Å²) in [7, 11) is -3.58. The van der Waals surface area contributed by atoms with Gasteiger partial charge in [-0.1, -0.05) is 39.7 Å². The zero-order chi connectivity index (χ0) is 15.6. The molecule has 0 fully saturated rings. The maximum Gasteiger partial charge on any atom is 0.232 e. The minimum Gasteiger partial charge on any atom is -0.266 e. The van der Waals surface area contributed by atoms with Crippen molar-refractivity contribution >= 4 is 43.2 Å². The second-order valence-electron chi connectivity index (χ2n) is 4.45. The van der Waals surface area contributed by atoms with Gasteiger partial charge in [0.25, 0.3) is 0 Å². The summed E-state index contributed by atoms with van der Waals surface area (Å²) in [6, 6.07) is 11.0. The van der Waals surface area contributed by atoms with Crippen molar-refractivity contribution in [2.75, 3.05) is 10.6 Å². The van der Waals surface area contributed by atoms with Crippen LogP contribution in [0.1, 0.15) is 5.56 Å². The SMILES string of the molecule is CS(=O)(=O)N(Cc1c(F)cccc1Cl)c1cccc(Br)c1. The van der Waals surface area contributed by atoms with Crippen LogP contribution in [0.3, 0.4) is 0 Å². The molecule has 0 spiro atoms. The first-order valence-corrected chi connectivity index (χ1v) is 8.97. The smallest absolute Gasteiger partial charge is 0.232 e. The second kappa shape index (κ2) is 6.34. The van der Waals surface area contributed by atoms with Gasteiger partial charge in [-0.15, -0.1) is 0 Å². The average Bonchev–Trinajstić information content (AvgIpc) is 2.36. The highest BCUT2D eigenvalue weighted by Gasteiger charge is 2.21. The summed E-state index contributed by atoms with van der Waals surface area (Å²) in [6.07, 6.45) is 1.07. The largest absolute Gasteiger partial charge is 0.266 e. The van der Waals surface area contributed by atoms with Crippen LogP contribution in [0.25, 0.3) is 0 Å². The molecule has 0 saturated heterocycles. The lowest BCUT2D eigenvalue weighted by Crippen LogP contribution is -2.29. The highest BCUT2D eigenvalue weighted by Crippen LogP contribution is 2.27. The van der Waals surface area contributed by atoms with E-state index >= 15 is 0 Å². The number of benzene rings is 2. The van der Waals surface area contributed by atoms with Gasteiger partial charge in [-0.3, -0.25) is 4.31 Å². The quantitative estimate of drug-likeness (QED) is 0.782. The maximum absolute atomic E-state index is 13.9. The molecule has 2 rings (SSSR count). The highest BCUT2D eigenvalue weighted by atomic mass is 79.9. The van der Waals surface area contributed by atoms with E-state index in [9.17, 15) is 12.8 Å². The number of halogens is 3. The Hall–Kier alpha value is -1.11. The third-order valence-corrected chi connectivity index (χ3v) is 4.85. The van der Waals surface area contributed by atoms with Gasteiger partial charge in [0.15, 0.2) is 0 Å². The minimum absolute atomic E-state index is 0.143. The molecule has 0 aliphatic carbocycles. The third-order valence-electron chi connectivity index (χ3n) is 2.86. The number of nitrogens with zero attached hydrogens (tertiary/aromatic N) is 1. The first kappa shape index (κ1) is 16.3. The molecular weight excluding hydrogens is 381 g/mol. The lowest BCUT2D eigenvalue weighted by Gasteiger charge is -2.23. The molecule has 0 amide bonds. The topological polar surface area (TPSA) is 37.4 Å². The number of anilines is 1. The molecule has 0 atom stereocenters. The maximum atomic E-state index is 13.9. The highest BCUT2D eigenvalue weighted by molar-refractivity contribution is 9.10. The fraction of sp³-hybridized carbons (Fsp3) is 0.143. The van der Waals surface area contributed by atoms with E-state index in [0.717, 1.165) is 15.0 Å². The molecular formula is C14H12BrClFNO2S. The van der Waals surface area contributed by atoms with E-state index in [1.807, 2.05) is 0 Å². The summed E-state index contributed by atoms with van der Waals surface area (Å²) >= 11 is 9.26. The molecule has 0 saturated carbocycles. The van der Waals surface area contributed by atoms with E-state index < -0.39 is 15.8 Å². The first-order chi connectivity index (χ1) is 9.79. The lowest BCUT2D eigenvalue weighted by atomic mass is 10.2. The Bertz CT molecular complexity index is 747. The number of rotatable bonds is 4. The van der Waals surface area contributed by atoms with Crippen molar-refractivity contribution < 1.29 is 12.8 Å². The van der Waals surface area contributed by atoms with Crippen LogP contribution in [0.4, 0.5) is 10.1 Å². The summed E-state index contributed by atoms with van der Waals surface area (Å²) < 4.78 is 39.8. The second-order valence-corrected chi connectivity index (χ2v) is 7.68. The van der Waals surface area contributed by atoms with Crippen LogP contribution in [-0.2, 0) is 16.6 Å². The molecule has 0 aromatic heterocycles. The number of hydrogen-bond acceptors (Lipinski definition) is 2. The third kappa shape index (κ3) is 3.96. The molecule has 21 heavy (non-hydrogen) atoms. The van der Waals surface area contributed by atoms with Gasteiger partial charge in [0.05, 0.1) is 18.5 Å². The first-order valence-electron chi connectivity index (χ1n) is 5.95. The van der Waals surface area contributed by atoms with Gasteiger partial charge in [-0.05, 0) is 30.3 Å². The predicted molar refractivity (Wildman–Crippen MR) is 86.6 cm³/mol. The minimum atomic E-state index is -3.58. The van der Waals surface area contributed by atoms with Crippen molar-refractivity contribution in [2.24, 2.45) is 0 Å². The van der Waals surface area contributed by atoms with Crippen LogP contribution in [-0.4, -0.2) is 14.7 Å². The lowest BCUT2D eigenvalue weighted by molar-refractivity contribution is 0.590.